The number of amides is 1. The normalized spacial score (nSPS) is 17.0. The lowest BCUT2D eigenvalue weighted by atomic mass is 9.79. The number of benzene rings is 1. The highest BCUT2D eigenvalue weighted by Gasteiger charge is 2.31. The maximum Gasteiger partial charge on any atom is 0.240 e. The van der Waals surface area contributed by atoms with E-state index in [-0.39, 0.29) is 11.9 Å². The minimum Gasteiger partial charge on any atom is -0.495 e. The smallest absolute Gasteiger partial charge is 0.240 e. The zero-order valence-electron chi connectivity index (χ0n) is 9.98. The number of anilines is 1. The van der Waals surface area contributed by atoms with Crippen molar-refractivity contribution in [2.45, 2.75) is 25.3 Å². The molecule has 0 heterocycles. The number of carbonyl (C=O) groups excluding carboxylic acids is 1. The molecule has 4 heteroatoms. The molecular weight excluding hydrogens is 216 g/mol. The molecule has 1 amide bonds. The lowest BCUT2D eigenvalue weighted by molar-refractivity contribution is -0.120. The molecule has 4 nitrogen and oxygen atoms in total. The Morgan fingerprint density at radius 3 is 2.71 bits per heavy atom. The van der Waals surface area contributed by atoms with Gasteiger partial charge in [0.05, 0.1) is 12.8 Å². The minimum atomic E-state index is -0.292. The molecule has 1 aromatic rings. The van der Waals surface area contributed by atoms with Crippen LogP contribution < -0.4 is 15.8 Å². The Hall–Kier alpha value is -1.71. The molecule has 1 unspecified atom stereocenters. The molecule has 2 rings (SSSR count). The molecule has 1 aliphatic carbocycles. The number of carbonyl (C=O) groups is 1. The third-order valence-electron chi connectivity index (χ3n) is 3.35. The van der Waals surface area contributed by atoms with Gasteiger partial charge in [0.2, 0.25) is 5.91 Å². The van der Waals surface area contributed by atoms with Crippen LogP contribution in [0.25, 0.3) is 0 Å². The number of hydrogen-bond donors (Lipinski definition) is 2. The molecule has 1 atom stereocenters. The predicted octanol–water partition coefficient (Wildman–Crippen LogP) is 1.76. The second kappa shape index (κ2) is 5.08. The summed E-state index contributed by atoms with van der Waals surface area (Å²) in [6.07, 6.45) is 3.31. The van der Waals surface area contributed by atoms with Gasteiger partial charge in [0.25, 0.3) is 0 Å². The third kappa shape index (κ3) is 2.52. The number of para-hydroxylation sites is 2. The van der Waals surface area contributed by atoms with Gasteiger partial charge in [-0.3, -0.25) is 4.79 Å². The van der Waals surface area contributed by atoms with Crippen molar-refractivity contribution in [2.75, 3.05) is 12.4 Å². The summed E-state index contributed by atoms with van der Waals surface area (Å²) in [6, 6.07) is 7.27. The Balaban J connectivity index is 2.13. The Bertz CT molecular complexity index is 402. The largest absolute Gasteiger partial charge is 0.495 e. The second-order valence-corrected chi connectivity index (χ2v) is 4.42. The van der Waals surface area contributed by atoms with Crippen LogP contribution in [-0.4, -0.2) is 19.1 Å². The number of nitrogens with one attached hydrogen (secondary N) is 1. The molecule has 17 heavy (non-hydrogen) atoms. The lowest BCUT2D eigenvalue weighted by Crippen LogP contribution is -2.44. The molecule has 1 fully saturated rings. The van der Waals surface area contributed by atoms with Gasteiger partial charge in [0.15, 0.2) is 0 Å². The SMILES string of the molecule is COc1ccccc1NC(C(N)=O)C1CCC1. The summed E-state index contributed by atoms with van der Waals surface area (Å²) >= 11 is 0. The fourth-order valence-electron chi connectivity index (χ4n) is 2.13. The maximum absolute atomic E-state index is 11.5. The molecule has 0 bridgehead atoms. The molecule has 1 aliphatic rings. The number of ether oxygens (including phenoxy) is 1. The quantitative estimate of drug-likeness (QED) is 0.816. The van der Waals surface area contributed by atoms with E-state index in [4.69, 9.17) is 10.5 Å². The van der Waals surface area contributed by atoms with Gasteiger partial charge in [-0.1, -0.05) is 18.6 Å². The van der Waals surface area contributed by atoms with Gasteiger partial charge < -0.3 is 15.8 Å². The van der Waals surface area contributed by atoms with E-state index in [2.05, 4.69) is 5.32 Å². The van der Waals surface area contributed by atoms with Crippen molar-refractivity contribution in [1.29, 1.82) is 0 Å². The van der Waals surface area contributed by atoms with Gasteiger partial charge in [-0.2, -0.15) is 0 Å². The summed E-state index contributed by atoms with van der Waals surface area (Å²) in [6.45, 7) is 0. The number of hydrogen-bond acceptors (Lipinski definition) is 3. The summed E-state index contributed by atoms with van der Waals surface area (Å²) in [7, 11) is 1.61. The summed E-state index contributed by atoms with van der Waals surface area (Å²) in [5, 5.41) is 3.20. The summed E-state index contributed by atoms with van der Waals surface area (Å²) in [4.78, 5) is 11.5. The highest BCUT2D eigenvalue weighted by Crippen LogP contribution is 2.33. The molecular formula is C13H18N2O2. The minimum absolute atomic E-state index is 0.291. The van der Waals surface area contributed by atoms with E-state index >= 15 is 0 Å². The topological polar surface area (TPSA) is 64.3 Å². The van der Waals surface area contributed by atoms with E-state index in [0.29, 0.717) is 5.92 Å². The van der Waals surface area contributed by atoms with Crippen molar-refractivity contribution >= 4 is 11.6 Å². The third-order valence-corrected chi connectivity index (χ3v) is 3.35. The first kappa shape index (κ1) is 11.8. The molecule has 1 saturated carbocycles. The molecule has 0 aromatic heterocycles. The van der Waals surface area contributed by atoms with Crippen LogP contribution in [-0.2, 0) is 4.79 Å². The monoisotopic (exact) mass is 234 g/mol. The highest BCUT2D eigenvalue weighted by atomic mass is 16.5. The van der Waals surface area contributed by atoms with E-state index in [1.807, 2.05) is 24.3 Å². The van der Waals surface area contributed by atoms with Gasteiger partial charge >= 0.3 is 0 Å². The molecule has 0 spiro atoms. The number of nitrogens with two attached hydrogens (primary N) is 1. The van der Waals surface area contributed by atoms with Crippen LogP contribution in [0, 0.1) is 5.92 Å². The molecule has 0 aliphatic heterocycles. The first-order valence-corrected chi connectivity index (χ1v) is 5.91. The van der Waals surface area contributed by atoms with E-state index in [1.165, 1.54) is 6.42 Å². The Labute approximate surface area is 101 Å². The van der Waals surface area contributed by atoms with Crippen LogP contribution in [0.15, 0.2) is 24.3 Å². The zero-order chi connectivity index (χ0) is 12.3. The molecule has 0 radical (unpaired) electrons. The van der Waals surface area contributed by atoms with Gasteiger partial charge in [-0.25, -0.2) is 0 Å². The van der Waals surface area contributed by atoms with Gasteiger partial charge in [-0.15, -0.1) is 0 Å². The van der Waals surface area contributed by atoms with Crippen molar-refractivity contribution in [3.63, 3.8) is 0 Å². The van der Waals surface area contributed by atoms with Crippen molar-refractivity contribution in [3.8, 4) is 5.75 Å². The van der Waals surface area contributed by atoms with E-state index in [9.17, 15) is 4.79 Å². The van der Waals surface area contributed by atoms with Crippen molar-refractivity contribution in [3.05, 3.63) is 24.3 Å². The molecule has 92 valence electrons. The Morgan fingerprint density at radius 2 is 2.18 bits per heavy atom. The van der Waals surface area contributed by atoms with Crippen molar-refractivity contribution in [2.24, 2.45) is 11.7 Å². The number of rotatable bonds is 5. The van der Waals surface area contributed by atoms with Crippen molar-refractivity contribution < 1.29 is 9.53 Å². The number of primary amides is 1. The standard InChI is InChI=1S/C13H18N2O2/c1-17-11-8-3-2-7-10(11)15-12(13(14)16)9-5-4-6-9/h2-3,7-9,12,15H,4-6H2,1H3,(H2,14,16). The molecule has 1 aromatic carbocycles. The predicted molar refractivity (Wildman–Crippen MR) is 66.9 cm³/mol. The van der Waals surface area contributed by atoms with Crippen LogP contribution in [0.2, 0.25) is 0 Å². The molecule has 0 saturated heterocycles. The van der Waals surface area contributed by atoms with E-state index < -0.39 is 0 Å². The summed E-state index contributed by atoms with van der Waals surface area (Å²) in [5.74, 6) is 0.802. The fraction of sp³-hybridized carbons (Fsp3) is 0.462. The van der Waals surface area contributed by atoms with Crippen LogP contribution in [0.5, 0.6) is 5.75 Å². The highest BCUT2D eigenvalue weighted by molar-refractivity contribution is 5.84. The van der Waals surface area contributed by atoms with Gasteiger partial charge in [0.1, 0.15) is 11.8 Å². The van der Waals surface area contributed by atoms with Crippen LogP contribution in [0.4, 0.5) is 5.69 Å². The Kier molecular flexibility index (Phi) is 3.52. The Morgan fingerprint density at radius 1 is 1.47 bits per heavy atom. The lowest BCUT2D eigenvalue weighted by Gasteiger charge is -2.33. The summed E-state index contributed by atoms with van der Waals surface area (Å²) < 4.78 is 5.24. The first-order chi connectivity index (χ1) is 8.22. The summed E-state index contributed by atoms with van der Waals surface area (Å²) in [5.41, 5.74) is 6.27. The average molecular weight is 234 g/mol. The average Bonchev–Trinajstić information content (AvgIpc) is 2.26. The fourth-order valence-corrected chi connectivity index (χ4v) is 2.13. The first-order valence-electron chi connectivity index (χ1n) is 5.91. The van der Waals surface area contributed by atoms with Crippen LogP contribution in [0.1, 0.15) is 19.3 Å². The second-order valence-electron chi connectivity index (χ2n) is 4.42. The molecule has 3 N–H and O–H groups in total. The van der Waals surface area contributed by atoms with Gasteiger partial charge in [0, 0.05) is 0 Å². The number of methoxy groups -OCH3 is 1. The van der Waals surface area contributed by atoms with Crippen molar-refractivity contribution in [1.82, 2.24) is 0 Å². The van der Waals surface area contributed by atoms with Crippen LogP contribution >= 0.6 is 0 Å². The van der Waals surface area contributed by atoms with Gasteiger partial charge in [-0.05, 0) is 30.9 Å². The maximum atomic E-state index is 11.5. The van der Waals surface area contributed by atoms with E-state index in [0.717, 1.165) is 24.3 Å². The van der Waals surface area contributed by atoms with E-state index in [1.54, 1.807) is 7.11 Å². The zero-order valence-corrected chi connectivity index (χ0v) is 9.98. The van der Waals surface area contributed by atoms with Crippen LogP contribution in [0.3, 0.4) is 0 Å².